The molecule has 1 aromatic heterocycles. The molecule has 102 valence electrons. The van der Waals surface area contributed by atoms with Crippen molar-refractivity contribution in [1.82, 2.24) is 9.88 Å². The summed E-state index contributed by atoms with van der Waals surface area (Å²) in [6.45, 7) is 5.39. The Bertz CT molecular complexity index is 572. The molecule has 0 radical (unpaired) electrons. The fourth-order valence-electron chi connectivity index (χ4n) is 2.07. The van der Waals surface area contributed by atoms with E-state index in [1.807, 2.05) is 35.0 Å². The van der Waals surface area contributed by atoms with Gasteiger partial charge in [-0.3, -0.25) is 4.79 Å². The lowest BCUT2D eigenvalue weighted by atomic mass is 10.1. The molecular weight excluding hydrogens is 238 g/mol. The number of amides is 1. The van der Waals surface area contributed by atoms with E-state index in [1.54, 1.807) is 0 Å². The highest BCUT2D eigenvalue weighted by atomic mass is 16.1. The number of carbonyl (C=O) groups excluding carboxylic acids is 1. The Kier molecular flexibility index (Phi) is 4.10. The van der Waals surface area contributed by atoms with Crippen LogP contribution < -0.4 is 11.1 Å². The van der Waals surface area contributed by atoms with Crippen LogP contribution in [-0.2, 0) is 11.3 Å². The zero-order chi connectivity index (χ0) is 13.8. The molecule has 1 heterocycles. The molecule has 0 aliphatic carbocycles. The maximum atomic E-state index is 11.8. The molecule has 0 saturated carbocycles. The van der Waals surface area contributed by atoms with Crippen molar-refractivity contribution in [2.75, 3.05) is 12.3 Å². The van der Waals surface area contributed by atoms with Crippen LogP contribution in [0.3, 0.4) is 0 Å². The average Bonchev–Trinajstić information content (AvgIpc) is 2.71. The standard InChI is InChI=1S/C15H21N3O/c1-11(2)5-7-17-15(19)10-18-8-6-12-9-13(16)3-4-14(12)18/h3-4,6,8-9,11H,5,7,10,16H2,1-2H3,(H,17,19). The zero-order valence-corrected chi connectivity index (χ0v) is 11.5. The first-order valence-electron chi connectivity index (χ1n) is 6.67. The first-order valence-corrected chi connectivity index (χ1v) is 6.67. The first-order chi connectivity index (χ1) is 9.06. The summed E-state index contributed by atoms with van der Waals surface area (Å²) < 4.78 is 1.94. The summed E-state index contributed by atoms with van der Waals surface area (Å²) >= 11 is 0. The molecule has 0 fully saturated rings. The second-order valence-electron chi connectivity index (χ2n) is 5.29. The molecule has 0 spiro atoms. The number of benzene rings is 1. The van der Waals surface area contributed by atoms with E-state index in [1.165, 1.54) is 0 Å². The van der Waals surface area contributed by atoms with Gasteiger partial charge >= 0.3 is 0 Å². The largest absolute Gasteiger partial charge is 0.399 e. The van der Waals surface area contributed by atoms with Gasteiger partial charge in [0.15, 0.2) is 0 Å². The number of nitrogen functional groups attached to an aromatic ring is 1. The molecule has 2 rings (SSSR count). The minimum absolute atomic E-state index is 0.0509. The summed E-state index contributed by atoms with van der Waals surface area (Å²) in [5.74, 6) is 0.658. The summed E-state index contributed by atoms with van der Waals surface area (Å²) in [6, 6.07) is 7.71. The number of carbonyl (C=O) groups is 1. The fraction of sp³-hybridized carbons (Fsp3) is 0.400. The van der Waals surface area contributed by atoms with Gasteiger partial charge in [-0.2, -0.15) is 0 Å². The topological polar surface area (TPSA) is 60.0 Å². The molecule has 1 aromatic carbocycles. The van der Waals surface area contributed by atoms with E-state index in [-0.39, 0.29) is 5.91 Å². The van der Waals surface area contributed by atoms with Gasteiger partial charge in [-0.15, -0.1) is 0 Å². The Morgan fingerprint density at radius 1 is 1.37 bits per heavy atom. The van der Waals surface area contributed by atoms with Crippen LogP contribution in [0.1, 0.15) is 20.3 Å². The minimum atomic E-state index is 0.0509. The molecule has 0 saturated heterocycles. The summed E-state index contributed by atoms with van der Waals surface area (Å²) in [5.41, 5.74) is 7.52. The van der Waals surface area contributed by atoms with E-state index in [2.05, 4.69) is 19.2 Å². The molecule has 3 N–H and O–H groups in total. The molecular formula is C15H21N3O. The Labute approximate surface area is 113 Å². The van der Waals surface area contributed by atoms with E-state index in [0.717, 1.165) is 29.6 Å². The molecule has 2 aromatic rings. The van der Waals surface area contributed by atoms with Crippen molar-refractivity contribution in [3.05, 3.63) is 30.5 Å². The number of aromatic nitrogens is 1. The number of rotatable bonds is 5. The predicted octanol–water partition coefficient (Wildman–Crippen LogP) is 2.39. The number of nitrogens with two attached hydrogens (primary N) is 1. The van der Waals surface area contributed by atoms with Crippen molar-refractivity contribution >= 4 is 22.5 Å². The van der Waals surface area contributed by atoms with E-state index in [9.17, 15) is 4.79 Å². The third kappa shape index (κ3) is 3.50. The van der Waals surface area contributed by atoms with Gasteiger partial charge in [0.2, 0.25) is 5.91 Å². The quantitative estimate of drug-likeness (QED) is 0.810. The van der Waals surface area contributed by atoms with Gasteiger partial charge in [-0.1, -0.05) is 13.8 Å². The Morgan fingerprint density at radius 3 is 2.89 bits per heavy atom. The van der Waals surface area contributed by atoms with Crippen molar-refractivity contribution in [3.8, 4) is 0 Å². The van der Waals surface area contributed by atoms with Crippen LogP contribution in [0, 0.1) is 5.92 Å². The lowest BCUT2D eigenvalue weighted by Crippen LogP contribution is -2.28. The van der Waals surface area contributed by atoms with Gasteiger partial charge in [0, 0.05) is 29.3 Å². The van der Waals surface area contributed by atoms with Gasteiger partial charge in [0.1, 0.15) is 6.54 Å². The second-order valence-corrected chi connectivity index (χ2v) is 5.29. The van der Waals surface area contributed by atoms with Gasteiger partial charge in [0.05, 0.1) is 0 Å². The predicted molar refractivity (Wildman–Crippen MR) is 78.8 cm³/mol. The van der Waals surface area contributed by atoms with Gasteiger partial charge in [-0.25, -0.2) is 0 Å². The van der Waals surface area contributed by atoms with E-state index in [4.69, 9.17) is 5.73 Å². The van der Waals surface area contributed by atoms with Crippen LogP contribution >= 0.6 is 0 Å². The maximum Gasteiger partial charge on any atom is 0.239 e. The van der Waals surface area contributed by atoms with E-state index >= 15 is 0 Å². The lowest BCUT2D eigenvalue weighted by molar-refractivity contribution is -0.121. The zero-order valence-electron chi connectivity index (χ0n) is 11.5. The summed E-state index contributed by atoms with van der Waals surface area (Å²) in [6.07, 6.45) is 2.93. The minimum Gasteiger partial charge on any atom is -0.399 e. The summed E-state index contributed by atoms with van der Waals surface area (Å²) in [5, 5.41) is 4.01. The molecule has 0 aliphatic heterocycles. The molecule has 4 nitrogen and oxygen atoms in total. The van der Waals surface area contributed by atoms with Crippen molar-refractivity contribution in [1.29, 1.82) is 0 Å². The molecule has 0 aliphatic rings. The third-order valence-corrected chi connectivity index (χ3v) is 3.15. The summed E-state index contributed by atoms with van der Waals surface area (Å²) in [4.78, 5) is 11.8. The highest BCUT2D eigenvalue weighted by molar-refractivity contribution is 5.85. The lowest BCUT2D eigenvalue weighted by Gasteiger charge is -2.09. The van der Waals surface area contributed by atoms with E-state index in [0.29, 0.717) is 12.5 Å². The maximum absolute atomic E-state index is 11.8. The first kappa shape index (κ1) is 13.5. The number of nitrogens with zero attached hydrogens (tertiary/aromatic N) is 1. The molecule has 0 unspecified atom stereocenters. The van der Waals surface area contributed by atoms with Gasteiger partial charge in [-0.05, 0) is 36.6 Å². The third-order valence-electron chi connectivity index (χ3n) is 3.15. The molecule has 1 amide bonds. The van der Waals surface area contributed by atoms with E-state index < -0.39 is 0 Å². The van der Waals surface area contributed by atoms with Gasteiger partial charge in [0.25, 0.3) is 0 Å². The van der Waals surface area contributed by atoms with Crippen LogP contribution in [0.5, 0.6) is 0 Å². The monoisotopic (exact) mass is 259 g/mol. The van der Waals surface area contributed by atoms with Crippen LogP contribution in [0.15, 0.2) is 30.5 Å². The fourth-order valence-corrected chi connectivity index (χ4v) is 2.07. The normalized spacial score (nSPS) is 11.1. The smallest absolute Gasteiger partial charge is 0.239 e. The molecule has 0 bridgehead atoms. The molecule has 4 heteroatoms. The van der Waals surface area contributed by atoms with Crippen LogP contribution in [0.25, 0.3) is 10.9 Å². The van der Waals surface area contributed by atoms with Crippen molar-refractivity contribution in [2.24, 2.45) is 5.92 Å². The second kappa shape index (κ2) is 5.78. The Morgan fingerprint density at radius 2 is 2.16 bits per heavy atom. The molecule has 0 atom stereocenters. The average molecular weight is 259 g/mol. The SMILES string of the molecule is CC(C)CCNC(=O)Cn1ccc2cc(N)ccc21. The van der Waals surface area contributed by atoms with Crippen LogP contribution in [-0.4, -0.2) is 17.0 Å². The number of fused-ring (bicyclic) bond motifs is 1. The van der Waals surface area contributed by atoms with Crippen molar-refractivity contribution in [2.45, 2.75) is 26.8 Å². The van der Waals surface area contributed by atoms with Gasteiger partial charge < -0.3 is 15.6 Å². The van der Waals surface area contributed by atoms with Crippen LogP contribution in [0.4, 0.5) is 5.69 Å². The Balaban J connectivity index is 1.99. The Hall–Kier alpha value is -1.97. The number of hydrogen-bond donors (Lipinski definition) is 2. The highest BCUT2D eigenvalue weighted by Crippen LogP contribution is 2.18. The van der Waals surface area contributed by atoms with Crippen molar-refractivity contribution in [3.63, 3.8) is 0 Å². The van der Waals surface area contributed by atoms with Crippen LogP contribution in [0.2, 0.25) is 0 Å². The number of nitrogens with one attached hydrogen (secondary N) is 1. The molecule has 19 heavy (non-hydrogen) atoms. The summed E-state index contributed by atoms with van der Waals surface area (Å²) in [7, 11) is 0. The number of anilines is 1. The number of hydrogen-bond acceptors (Lipinski definition) is 2. The van der Waals surface area contributed by atoms with Crippen molar-refractivity contribution < 1.29 is 4.79 Å². The highest BCUT2D eigenvalue weighted by Gasteiger charge is 2.06.